The van der Waals surface area contributed by atoms with Gasteiger partial charge in [0.2, 0.25) is 0 Å². The molecule has 0 fully saturated rings. The molecule has 1 aromatic rings. The van der Waals surface area contributed by atoms with Crippen molar-refractivity contribution in [1.82, 2.24) is 5.32 Å². The number of hydrogen-bond donors (Lipinski definition) is 2. The molecule has 2 rings (SSSR count). The molecule has 0 radical (unpaired) electrons. The molecule has 0 saturated carbocycles. The SMILES string of the molecule is O=C(NCCCCCCO)c1ccc2c(c1)OCCCO2. The summed E-state index contributed by atoms with van der Waals surface area (Å²) in [6.07, 6.45) is 4.62. The Morgan fingerprint density at radius 3 is 2.67 bits per heavy atom. The molecule has 1 aromatic carbocycles. The first-order chi connectivity index (χ1) is 10.3. The van der Waals surface area contributed by atoms with E-state index in [9.17, 15) is 4.79 Å². The van der Waals surface area contributed by atoms with Crippen LogP contribution in [0.25, 0.3) is 0 Å². The van der Waals surface area contributed by atoms with Gasteiger partial charge in [-0.1, -0.05) is 12.8 Å². The molecule has 0 aliphatic carbocycles. The van der Waals surface area contributed by atoms with E-state index in [1.807, 2.05) is 0 Å². The molecule has 5 heteroatoms. The average molecular weight is 293 g/mol. The number of aliphatic hydroxyl groups excluding tert-OH is 1. The lowest BCUT2D eigenvalue weighted by Crippen LogP contribution is -2.24. The minimum atomic E-state index is -0.0900. The highest BCUT2D eigenvalue weighted by atomic mass is 16.5. The number of nitrogens with one attached hydrogen (secondary N) is 1. The van der Waals surface area contributed by atoms with Crippen LogP contribution in [0.4, 0.5) is 0 Å². The lowest BCUT2D eigenvalue weighted by atomic mass is 10.1. The summed E-state index contributed by atoms with van der Waals surface area (Å²) in [4.78, 5) is 12.1. The molecule has 21 heavy (non-hydrogen) atoms. The number of fused-ring (bicyclic) bond motifs is 1. The summed E-state index contributed by atoms with van der Waals surface area (Å²) < 4.78 is 11.1. The maximum Gasteiger partial charge on any atom is 0.251 e. The molecule has 5 nitrogen and oxygen atoms in total. The maximum absolute atomic E-state index is 12.1. The number of carbonyl (C=O) groups excluding carboxylic acids is 1. The summed E-state index contributed by atoms with van der Waals surface area (Å²) in [6.45, 7) is 2.15. The molecule has 116 valence electrons. The third kappa shape index (κ3) is 4.93. The van der Waals surface area contributed by atoms with Crippen molar-refractivity contribution in [2.45, 2.75) is 32.1 Å². The predicted molar refractivity (Wildman–Crippen MR) is 79.9 cm³/mol. The van der Waals surface area contributed by atoms with Crippen molar-refractivity contribution >= 4 is 5.91 Å². The number of hydrogen-bond acceptors (Lipinski definition) is 4. The molecule has 1 heterocycles. The van der Waals surface area contributed by atoms with Gasteiger partial charge in [0.05, 0.1) is 13.2 Å². The summed E-state index contributed by atoms with van der Waals surface area (Å²) in [5.74, 6) is 1.25. The summed E-state index contributed by atoms with van der Waals surface area (Å²) in [5, 5.41) is 11.6. The Labute approximate surface area is 125 Å². The molecule has 0 unspecified atom stereocenters. The monoisotopic (exact) mass is 293 g/mol. The Morgan fingerprint density at radius 2 is 1.86 bits per heavy atom. The van der Waals surface area contributed by atoms with Crippen LogP contribution >= 0.6 is 0 Å². The molecule has 1 aliphatic heterocycles. The first-order valence-corrected chi connectivity index (χ1v) is 7.60. The fraction of sp³-hybridized carbons (Fsp3) is 0.562. The first kappa shape index (κ1) is 15.6. The van der Waals surface area contributed by atoms with E-state index >= 15 is 0 Å². The van der Waals surface area contributed by atoms with Crippen molar-refractivity contribution in [3.63, 3.8) is 0 Å². The summed E-state index contributed by atoms with van der Waals surface area (Å²) >= 11 is 0. The van der Waals surface area contributed by atoms with Crippen molar-refractivity contribution in [2.24, 2.45) is 0 Å². The van der Waals surface area contributed by atoms with Gasteiger partial charge in [-0.05, 0) is 31.0 Å². The van der Waals surface area contributed by atoms with Gasteiger partial charge in [-0.15, -0.1) is 0 Å². The third-order valence-electron chi connectivity index (χ3n) is 3.38. The van der Waals surface area contributed by atoms with E-state index < -0.39 is 0 Å². The molecular weight excluding hydrogens is 270 g/mol. The van der Waals surface area contributed by atoms with Gasteiger partial charge in [0, 0.05) is 25.1 Å². The van der Waals surface area contributed by atoms with E-state index in [1.54, 1.807) is 18.2 Å². The van der Waals surface area contributed by atoms with Crippen LogP contribution in [0.2, 0.25) is 0 Å². The first-order valence-electron chi connectivity index (χ1n) is 7.60. The molecular formula is C16H23NO4. The topological polar surface area (TPSA) is 67.8 Å². The largest absolute Gasteiger partial charge is 0.490 e. The van der Waals surface area contributed by atoms with E-state index in [-0.39, 0.29) is 12.5 Å². The Bertz CT molecular complexity index is 462. The van der Waals surface area contributed by atoms with E-state index in [0.717, 1.165) is 32.1 Å². The van der Waals surface area contributed by atoms with Crippen molar-refractivity contribution in [1.29, 1.82) is 0 Å². The van der Waals surface area contributed by atoms with Crippen molar-refractivity contribution < 1.29 is 19.4 Å². The zero-order valence-electron chi connectivity index (χ0n) is 12.3. The molecule has 0 atom stereocenters. The van der Waals surface area contributed by atoms with Gasteiger partial charge in [-0.25, -0.2) is 0 Å². The van der Waals surface area contributed by atoms with Gasteiger partial charge in [-0.2, -0.15) is 0 Å². The third-order valence-corrected chi connectivity index (χ3v) is 3.38. The smallest absolute Gasteiger partial charge is 0.251 e. The van der Waals surface area contributed by atoms with Crippen LogP contribution in [-0.2, 0) is 0 Å². The molecule has 0 spiro atoms. The normalized spacial score (nSPS) is 13.6. The highest BCUT2D eigenvalue weighted by Crippen LogP contribution is 2.30. The Hall–Kier alpha value is -1.75. The fourth-order valence-corrected chi connectivity index (χ4v) is 2.20. The second kappa shape index (κ2) is 8.52. The van der Waals surface area contributed by atoms with Gasteiger partial charge in [0.15, 0.2) is 11.5 Å². The molecule has 0 aromatic heterocycles. The molecule has 1 aliphatic rings. The Balaban J connectivity index is 1.81. The van der Waals surface area contributed by atoms with Gasteiger partial charge in [-0.3, -0.25) is 4.79 Å². The van der Waals surface area contributed by atoms with Crippen LogP contribution < -0.4 is 14.8 Å². The van der Waals surface area contributed by atoms with Gasteiger partial charge in [0.1, 0.15) is 0 Å². The number of amides is 1. The second-order valence-corrected chi connectivity index (χ2v) is 5.11. The van der Waals surface area contributed by atoms with Crippen molar-refractivity contribution in [3.05, 3.63) is 23.8 Å². The Morgan fingerprint density at radius 1 is 1.10 bits per heavy atom. The number of unbranched alkanes of at least 4 members (excludes halogenated alkanes) is 3. The predicted octanol–water partition coefficient (Wildman–Crippen LogP) is 2.13. The van der Waals surface area contributed by atoms with E-state index in [2.05, 4.69) is 5.32 Å². The van der Waals surface area contributed by atoms with E-state index in [1.165, 1.54) is 0 Å². The van der Waals surface area contributed by atoms with Gasteiger partial charge in [0.25, 0.3) is 5.91 Å². The molecule has 0 saturated heterocycles. The maximum atomic E-state index is 12.1. The lowest BCUT2D eigenvalue weighted by Gasteiger charge is -2.09. The summed E-state index contributed by atoms with van der Waals surface area (Å²) in [6, 6.07) is 5.28. The van der Waals surface area contributed by atoms with Crippen molar-refractivity contribution in [3.8, 4) is 11.5 Å². The lowest BCUT2D eigenvalue weighted by molar-refractivity contribution is 0.0952. The number of benzene rings is 1. The molecule has 1 amide bonds. The average Bonchev–Trinajstić information content (AvgIpc) is 2.75. The minimum absolute atomic E-state index is 0.0900. The zero-order chi connectivity index (χ0) is 14.9. The van der Waals surface area contributed by atoms with Crippen LogP contribution in [0.3, 0.4) is 0 Å². The summed E-state index contributed by atoms with van der Waals surface area (Å²) in [5.41, 5.74) is 0.592. The fourth-order valence-electron chi connectivity index (χ4n) is 2.20. The van der Waals surface area contributed by atoms with Crippen LogP contribution in [0.15, 0.2) is 18.2 Å². The highest BCUT2D eigenvalue weighted by Gasteiger charge is 2.13. The van der Waals surface area contributed by atoms with Gasteiger partial charge >= 0.3 is 0 Å². The zero-order valence-corrected chi connectivity index (χ0v) is 12.3. The van der Waals surface area contributed by atoms with Crippen LogP contribution in [0, 0.1) is 0 Å². The summed E-state index contributed by atoms with van der Waals surface area (Å²) in [7, 11) is 0. The van der Waals surface area contributed by atoms with E-state index in [4.69, 9.17) is 14.6 Å². The number of ether oxygens (including phenoxy) is 2. The quantitative estimate of drug-likeness (QED) is 0.756. The minimum Gasteiger partial charge on any atom is -0.490 e. The number of rotatable bonds is 7. The van der Waals surface area contributed by atoms with Gasteiger partial charge < -0.3 is 19.9 Å². The second-order valence-electron chi connectivity index (χ2n) is 5.11. The van der Waals surface area contributed by atoms with Crippen LogP contribution in [0.5, 0.6) is 11.5 Å². The Kier molecular flexibility index (Phi) is 6.34. The van der Waals surface area contributed by atoms with E-state index in [0.29, 0.717) is 36.8 Å². The van der Waals surface area contributed by atoms with Crippen LogP contribution in [0.1, 0.15) is 42.5 Å². The number of carbonyl (C=O) groups is 1. The molecule has 0 bridgehead atoms. The van der Waals surface area contributed by atoms with Crippen LogP contribution in [-0.4, -0.2) is 37.4 Å². The van der Waals surface area contributed by atoms with Crippen molar-refractivity contribution in [2.75, 3.05) is 26.4 Å². The number of aliphatic hydroxyl groups is 1. The standard InChI is InChI=1S/C16H23NO4/c18-9-4-2-1-3-8-17-16(19)13-6-7-14-15(12-13)21-11-5-10-20-14/h6-7,12,18H,1-5,8-11H2,(H,17,19). The highest BCUT2D eigenvalue weighted by molar-refractivity contribution is 5.94. The molecule has 2 N–H and O–H groups in total.